The molecule has 0 radical (unpaired) electrons. The number of amides is 1. The minimum absolute atomic E-state index is 0. The second-order valence-electron chi connectivity index (χ2n) is 3.89. The number of hydrogen-bond donors (Lipinski definition) is 2. The zero-order valence-corrected chi connectivity index (χ0v) is 10.8. The lowest BCUT2D eigenvalue weighted by molar-refractivity contribution is -0.274. The molecule has 0 saturated carbocycles. The van der Waals surface area contributed by atoms with Crippen molar-refractivity contribution in [2.45, 2.75) is 18.8 Å². The minimum Gasteiger partial charge on any atom is -0.508 e. The fourth-order valence-electron chi connectivity index (χ4n) is 1.77. The van der Waals surface area contributed by atoms with Crippen molar-refractivity contribution < 1.29 is 32.5 Å². The van der Waals surface area contributed by atoms with Gasteiger partial charge < -0.3 is 19.9 Å². The second-order valence-corrected chi connectivity index (χ2v) is 3.89. The number of aromatic hydroxyl groups is 1. The first-order valence-corrected chi connectivity index (χ1v) is 5.37. The van der Waals surface area contributed by atoms with Gasteiger partial charge >= 0.3 is 12.5 Å². The molecule has 1 atom stereocenters. The topological polar surface area (TPSA) is 67.8 Å². The third-order valence-electron chi connectivity index (χ3n) is 2.54. The van der Waals surface area contributed by atoms with E-state index >= 15 is 0 Å². The predicted octanol–water partition coefficient (Wildman–Crippen LogP) is 2.88. The summed E-state index contributed by atoms with van der Waals surface area (Å²) in [5, 5.41) is 12.0. The molecule has 1 amide bonds. The number of carbonyl (C=O) groups excluding carboxylic acids is 1. The number of phenols is 1. The monoisotopic (exact) mass is 313 g/mol. The van der Waals surface area contributed by atoms with E-state index in [1.54, 1.807) is 0 Å². The third-order valence-corrected chi connectivity index (χ3v) is 2.54. The van der Waals surface area contributed by atoms with Gasteiger partial charge in [-0.05, 0) is 18.2 Å². The van der Waals surface area contributed by atoms with E-state index in [-0.39, 0.29) is 30.3 Å². The SMILES string of the molecule is Cl.O=C1N[C@H](c2cc(OC(F)(F)F)ccc2O)CCO1. The summed E-state index contributed by atoms with van der Waals surface area (Å²) in [6.45, 7) is 0.125. The standard InChI is InChI=1S/C11H10F3NO4.ClH/c12-11(13,14)19-6-1-2-9(16)7(5-6)8-3-4-18-10(17)15-8;/h1-2,5,8,16H,3-4H2,(H,15,17);1H/t8-;/m0./s1. The Hall–Kier alpha value is -1.83. The van der Waals surface area contributed by atoms with Crippen LogP contribution in [-0.4, -0.2) is 24.2 Å². The molecule has 1 fully saturated rings. The molecule has 0 aromatic heterocycles. The first kappa shape index (κ1) is 16.2. The molecule has 0 aliphatic carbocycles. The highest BCUT2D eigenvalue weighted by Crippen LogP contribution is 2.33. The number of ether oxygens (including phenoxy) is 2. The molecule has 2 rings (SSSR count). The van der Waals surface area contributed by atoms with E-state index in [1.807, 2.05) is 0 Å². The van der Waals surface area contributed by atoms with Gasteiger partial charge in [0.2, 0.25) is 0 Å². The van der Waals surface area contributed by atoms with Gasteiger partial charge in [-0.2, -0.15) is 0 Å². The van der Waals surface area contributed by atoms with Crippen LogP contribution in [0.2, 0.25) is 0 Å². The summed E-state index contributed by atoms with van der Waals surface area (Å²) in [7, 11) is 0. The quantitative estimate of drug-likeness (QED) is 0.881. The number of carbonyl (C=O) groups is 1. The predicted molar refractivity (Wildman–Crippen MR) is 63.9 cm³/mol. The maximum Gasteiger partial charge on any atom is 0.573 e. The van der Waals surface area contributed by atoms with Crippen molar-refractivity contribution in [1.82, 2.24) is 5.32 Å². The normalized spacial score (nSPS) is 18.6. The number of rotatable bonds is 2. The zero-order chi connectivity index (χ0) is 14.0. The van der Waals surface area contributed by atoms with E-state index in [2.05, 4.69) is 14.8 Å². The molecule has 1 aliphatic heterocycles. The zero-order valence-electron chi connectivity index (χ0n) is 9.94. The van der Waals surface area contributed by atoms with Crippen molar-refractivity contribution in [1.29, 1.82) is 0 Å². The van der Waals surface area contributed by atoms with Gasteiger partial charge in [0.25, 0.3) is 0 Å². The number of cyclic esters (lactones) is 1. The number of hydrogen-bond acceptors (Lipinski definition) is 4. The average Bonchev–Trinajstić information content (AvgIpc) is 2.30. The fraction of sp³-hybridized carbons (Fsp3) is 0.364. The molecule has 1 saturated heterocycles. The van der Waals surface area contributed by atoms with Crippen LogP contribution in [0.15, 0.2) is 18.2 Å². The van der Waals surface area contributed by atoms with Gasteiger partial charge in [0.05, 0.1) is 12.6 Å². The van der Waals surface area contributed by atoms with Gasteiger partial charge in [-0.25, -0.2) is 4.79 Å². The van der Waals surface area contributed by atoms with Crippen molar-refractivity contribution >= 4 is 18.5 Å². The summed E-state index contributed by atoms with van der Waals surface area (Å²) in [6.07, 6.45) is -5.15. The Morgan fingerprint density at radius 3 is 2.70 bits per heavy atom. The lowest BCUT2D eigenvalue weighted by atomic mass is 10.0. The van der Waals surface area contributed by atoms with Crippen LogP contribution in [0.1, 0.15) is 18.0 Å². The first-order chi connectivity index (χ1) is 8.85. The maximum atomic E-state index is 12.1. The van der Waals surface area contributed by atoms with Crippen molar-refractivity contribution in [3.8, 4) is 11.5 Å². The number of nitrogens with one attached hydrogen (secondary N) is 1. The molecular weight excluding hydrogens is 303 g/mol. The number of alkyl carbamates (subject to hydrolysis) is 1. The van der Waals surface area contributed by atoms with E-state index in [0.29, 0.717) is 6.42 Å². The summed E-state index contributed by atoms with van der Waals surface area (Å²) >= 11 is 0. The molecule has 1 aromatic rings. The van der Waals surface area contributed by atoms with Crippen molar-refractivity contribution in [2.75, 3.05) is 6.61 Å². The lowest BCUT2D eigenvalue weighted by Crippen LogP contribution is -2.35. The summed E-state index contributed by atoms with van der Waals surface area (Å²) in [6, 6.07) is 2.50. The largest absolute Gasteiger partial charge is 0.573 e. The van der Waals surface area contributed by atoms with Gasteiger partial charge in [-0.1, -0.05) is 0 Å². The Morgan fingerprint density at radius 1 is 1.40 bits per heavy atom. The summed E-state index contributed by atoms with van der Waals surface area (Å²) in [5.74, 6) is -0.678. The summed E-state index contributed by atoms with van der Waals surface area (Å²) in [4.78, 5) is 11.0. The van der Waals surface area contributed by atoms with E-state index < -0.39 is 24.2 Å². The van der Waals surface area contributed by atoms with Crippen LogP contribution in [0.5, 0.6) is 11.5 Å². The van der Waals surface area contributed by atoms with Crippen LogP contribution in [0.3, 0.4) is 0 Å². The van der Waals surface area contributed by atoms with Crippen molar-refractivity contribution in [2.24, 2.45) is 0 Å². The second kappa shape index (κ2) is 6.08. The highest BCUT2D eigenvalue weighted by atomic mass is 35.5. The van der Waals surface area contributed by atoms with Crippen LogP contribution >= 0.6 is 12.4 Å². The van der Waals surface area contributed by atoms with Crippen LogP contribution in [-0.2, 0) is 4.74 Å². The Morgan fingerprint density at radius 2 is 2.10 bits per heavy atom. The fourth-order valence-corrected chi connectivity index (χ4v) is 1.77. The minimum atomic E-state index is -4.81. The van der Waals surface area contributed by atoms with Crippen LogP contribution < -0.4 is 10.1 Å². The Balaban J connectivity index is 0.00000200. The Bertz CT molecular complexity index is 495. The van der Waals surface area contributed by atoms with Gasteiger partial charge in [0, 0.05) is 12.0 Å². The first-order valence-electron chi connectivity index (χ1n) is 5.37. The Kier molecular flexibility index (Phi) is 4.93. The molecule has 9 heteroatoms. The van der Waals surface area contributed by atoms with E-state index in [4.69, 9.17) is 0 Å². The Labute approximate surface area is 118 Å². The molecular formula is C11H11ClF3NO4. The molecule has 0 unspecified atom stereocenters. The van der Waals surface area contributed by atoms with Gasteiger partial charge in [-0.15, -0.1) is 25.6 Å². The number of benzene rings is 1. The molecule has 1 aliphatic rings. The van der Waals surface area contributed by atoms with E-state index in [1.165, 1.54) is 0 Å². The summed E-state index contributed by atoms with van der Waals surface area (Å²) in [5.41, 5.74) is 0.151. The van der Waals surface area contributed by atoms with Gasteiger partial charge in [-0.3, -0.25) is 0 Å². The van der Waals surface area contributed by atoms with Crippen molar-refractivity contribution in [3.05, 3.63) is 23.8 Å². The van der Waals surface area contributed by atoms with Crippen LogP contribution in [0, 0.1) is 0 Å². The van der Waals surface area contributed by atoms with Gasteiger partial charge in [0.1, 0.15) is 11.5 Å². The molecule has 5 nitrogen and oxygen atoms in total. The molecule has 2 N–H and O–H groups in total. The number of alkyl halides is 3. The lowest BCUT2D eigenvalue weighted by Gasteiger charge is -2.24. The van der Waals surface area contributed by atoms with Gasteiger partial charge in [0.15, 0.2) is 0 Å². The highest BCUT2D eigenvalue weighted by molar-refractivity contribution is 5.85. The smallest absolute Gasteiger partial charge is 0.508 e. The third kappa shape index (κ3) is 4.09. The molecule has 20 heavy (non-hydrogen) atoms. The molecule has 112 valence electrons. The maximum absolute atomic E-state index is 12.1. The van der Waals surface area contributed by atoms with E-state index in [9.17, 15) is 23.1 Å². The molecule has 0 spiro atoms. The number of phenolic OH excluding ortho intramolecular Hbond substituents is 1. The molecule has 0 bridgehead atoms. The highest BCUT2D eigenvalue weighted by Gasteiger charge is 2.32. The number of halogens is 4. The molecule has 1 aromatic carbocycles. The molecule has 1 heterocycles. The van der Waals surface area contributed by atoms with Crippen LogP contribution in [0.25, 0.3) is 0 Å². The summed E-state index contributed by atoms with van der Waals surface area (Å²) < 4.78 is 44.7. The van der Waals surface area contributed by atoms with Crippen molar-refractivity contribution in [3.63, 3.8) is 0 Å². The average molecular weight is 314 g/mol. The van der Waals surface area contributed by atoms with Crippen LogP contribution in [0.4, 0.5) is 18.0 Å². The van der Waals surface area contributed by atoms with E-state index in [0.717, 1.165) is 18.2 Å².